The summed E-state index contributed by atoms with van der Waals surface area (Å²) in [5.41, 5.74) is -0.402. The monoisotopic (exact) mass is 212 g/mol. The molecule has 0 aromatic carbocycles. The molecule has 1 aliphatic carbocycles. The van der Waals surface area contributed by atoms with E-state index in [1.165, 1.54) is 19.3 Å². The molecule has 2 unspecified atom stereocenters. The van der Waals surface area contributed by atoms with Crippen molar-refractivity contribution in [2.45, 2.75) is 70.0 Å². The van der Waals surface area contributed by atoms with Gasteiger partial charge in [-0.15, -0.1) is 0 Å². The maximum Gasteiger partial charge on any atom is 0.0694 e. The SMILES string of the molecule is CCCC1CC(O)(CCC2CC2)CCO1. The minimum Gasteiger partial charge on any atom is -0.390 e. The van der Waals surface area contributed by atoms with Gasteiger partial charge in [-0.3, -0.25) is 0 Å². The van der Waals surface area contributed by atoms with E-state index in [0.717, 1.165) is 44.6 Å². The van der Waals surface area contributed by atoms with Crippen LogP contribution in [0.3, 0.4) is 0 Å². The fourth-order valence-corrected chi connectivity index (χ4v) is 2.61. The van der Waals surface area contributed by atoms with Crippen LogP contribution in [0.1, 0.15) is 58.3 Å². The molecule has 1 aliphatic heterocycles. The largest absolute Gasteiger partial charge is 0.390 e. The Labute approximate surface area is 93.0 Å². The van der Waals surface area contributed by atoms with Gasteiger partial charge in [-0.2, -0.15) is 0 Å². The fraction of sp³-hybridized carbons (Fsp3) is 1.00. The summed E-state index contributed by atoms with van der Waals surface area (Å²) in [6.45, 7) is 2.94. The lowest BCUT2D eigenvalue weighted by Gasteiger charge is -2.37. The predicted molar refractivity (Wildman–Crippen MR) is 60.8 cm³/mol. The van der Waals surface area contributed by atoms with Crippen molar-refractivity contribution in [2.75, 3.05) is 6.61 Å². The van der Waals surface area contributed by atoms with E-state index in [-0.39, 0.29) is 0 Å². The Kier molecular flexibility index (Phi) is 3.68. The zero-order valence-corrected chi connectivity index (χ0v) is 9.87. The third-order valence-electron chi connectivity index (χ3n) is 3.85. The molecule has 2 fully saturated rings. The Morgan fingerprint density at radius 1 is 1.33 bits per heavy atom. The highest BCUT2D eigenvalue weighted by molar-refractivity contribution is 4.87. The summed E-state index contributed by atoms with van der Waals surface area (Å²) in [5, 5.41) is 10.5. The number of ether oxygens (including phenoxy) is 1. The van der Waals surface area contributed by atoms with Gasteiger partial charge in [-0.1, -0.05) is 26.2 Å². The molecule has 0 spiro atoms. The zero-order chi connectivity index (χ0) is 10.7. The minimum absolute atomic E-state index is 0.313. The van der Waals surface area contributed by atoms with Gasteiger partial charge in [0.15, 0.2) is 0 Å². The summed E-state index contributed by atoms with van der Waals surface area (Å²) < 4.78 is 5.68. The number of hydrogen-bond acceptors (Lipinski definition) is 2. The molecular formula is C13H24O2. The normalized spacial score (nSPS) is 36.8. The molecule has 0 radical (unpaired) electrons. The molecule has 0 aromatic rings. The molecule has 2 aliphatic rings. The number of hydrogen-bond donors (Lipinski definition) is 1. The first-order chi connectivity index (χ1) is 7.22. The van der Waals surface area contributed by atoms with Crippen molar-refractivity contribution >= 4 is 0 Å². The standard InChI is InChI=1S/C13H24O2/c1-2-3-12-10-13(14,8-9-15-12)7-6-11-4-5-11/h11-12,14H,2-10H2,1H3. The highest BCUT2D eigenvalue weighted by atomic mass is 16.5. The quantitative estimate of drug-likeness (QED) is 0.759. The van der Waals surface area contributed by atoms with Crippen LogP contribution in [0.4, 0.5) is 0 Å². The minimum atomic E-state index is -0.402. The maximum absolute atomic E-state index is 10.5. The summed E-state index contributed by atoms with van der Waals surface area (Å²) in [5.74, 6) is 0.932. The Morgan fingerprint density at radius 3 is 2.80 bits per heavy atom. The van der Waals surface area contributed by atoms with E-state index in [2.05, 4.69) is 6.92 Å². The van der Waals surface area contributed by atoms with Gasteiger partial charge in [-0.25, -0.2) is 0 Å². The van der Waals surface area contributed by atoms with Gasteiger partial charge in [0.1, 0.15) is 0 Å². The molecule has 0 bridgehead atoms. The second-order valence-electron chi connectivity index (χ2n) is 5.44. The van der Waals surface area contributed by atoms with Crippen molar-refractivity contribution < 1.29 is 9.84 Å². The van der Waals surface area contributed by atoms with Crippen LogP contribution in [-0.2, 0) is 4.74 Å². The van der Waals surface area contributed by atoms with Crippen molar-refractivity contribution in [2.24, 2.45) is 5.92 Å². The van der Waals surface area contributed by atoms with Crippen molar-refractivity contribution in [3.63, 3.8) is 0 Å². The van der Waals surface area contributed by atoms with Gasteiger partial charge < -0.3 is 9.84 Å². The molecular weight excluding hydrogens is 188 g/mol. The second-order valence-corrected chi connectivity index (χ2v) is 5.44. The smallest absolute Gasteiger partial charge is 0.0694 e. The Bertz CT molecular complexity index is 199. The molecule has 1 saturated heterocycles. The lowest BCUT2D eigenvalue weighted by molar-refractivity contribution is -0.110. The van der Waals surface area contributed by atoms with Gasteiger partial charge in [-0.05, 0) is 31.6 Å². The summed E-state index contributed by atoms with van der Waals surface area (Å²) in [4.78, 5) is 0. The van der Waals surface area contributed by atoms with E-state index in [9.17, 15) is 5.11 Å². The van der Waals surface area contributed by atoms with Gasteiger partial charge in [0, 0.05) is 13.0 Å². The lowest BCUT2D eigenvalue weighted by atomic mass is 9.84. The van der Waals surface area contributed by atoms with Crippen molar-refractivity contribution in [1.29, 1.82) is 0 Å². The van der Waals surface area contributed by atoms with Gasteiger partial charge in [0.2, 0.25) is 0 Å². The Morgan fingerprint density at radius 2 is 2.13 bits per heavy atom. The average molecular weight is 212 g/mol. The fourth-order valence-electron chi connectivity index (χ4n) is 2.61. The van der Waals surface area contributed by atoms with Crippen molar-refractivity contribution in [3.05, 3.63) is 0 Å². The molecule has 1 heterocycles. The first-order valence-corrected chi connectivity index (χ1v) is 6.56. The van der Waals surface area contributed by atoms with Gasteiger partial charge >= 0.3 is 0 Å². The first-order valence-electron chi connectivity index (χ1n) is 6.56. The topological polar surface area (TPSA) is 29.5 Å². The van der Waals surface area contributed by atoms with E-state index in [4.69, 9.17) is 4.74 Å². The molecule has 15 heavy (non-hydrogen) atoms. The van der Waals surface area contributed by atoms with E-state index >= 15 is 0 Å². The molecule has 2 rings (SSSR count). The molecule has 0 aromatic heterocycles. The first kappa shape index (κ1) is 11.4. The van der Waals surface area contributed by atoms with Crippen LogP contribution in [0.25, 0.3) is 0 Å². The molecule has 2 nitrogen and oxygen atoms in total. The third-order valence-corrected chi connectivity index (χ3v) is 3.85. The third kappa shape index (κ3) is 3.46. The summed E-state index contributed by atoms with van der Waals surface area (Å²) in [7, 11) is 0. The Hall–Kier alpha value is -0.0800. The van der Waals surface area contributed by atoms with Crippen LogP contribution in [0.15, 0.2) is 0 Å². The Balaban J connectivity index is 1.77. The van der Waals surface area contributed by atoms with Crippen LogP contribution in [0.5, 0.6) is 0 Å². The van der Waals surface area contributed by atoms with Crippen LogP contribution < -0.4 is 0 Å². The van der Waals surface area contributed by atoms with Crippen LogP contribution >= 0.6 is 0 Å². The maximum atomic E-state index is 10.5. The van der Waals surface area contributed by atoms with E-state index in [0.29, 0.717) is 6.10 Å². The van der Waals surface area contributed by atoms with Crippen LogP contribution in [0, 0.1) is 5.92 Å². The van der Waals surface area contributed by atoms with Crippen LogP contribution in [0.2, 0.25) is 0 Å². The zero-order valence-electron chi connectivity index (χ0n) is 9.87. The van der Waals surface area contributed by atoms with Gasteiger partial charge in [0.25, 0.3) is 0 Å². The molecule has 2 atom stereocenters. The number of rotatable bonds is 5. The molecule has 0 amide bonds. The second kappa shape index (κ2) is 4.84. The van der Waals surface area contributed by atoms with Gasteiger partial charge in [0.05, 0.1) is 11.7 Å². The van der Waals surface area contributed by atoms with E-state index < -0.39 is 5.60 Å². The lowest BCUT2D eigenvalue weighted by Crippen LogP contribution is -2.40. The molecule has 88 valence electrons. The van der Waals surface area contributed by atoms with E-state index in [1.54, 1.807) is 0 Å². The van der Waals surface area contributed by atoms with Crippen LogP contribution in [-0.4, -0.2) is 23.4 Å². The van der Waals surface area contributed by atoms with Crippen molar-refractivity contribution in [1.82, 2.24) is 0 Å². The highest BCUT2D eigenvalue weighted by Crippen LogP contribution is 2.38. The molecule has 2 heteroatoms. The average Bonchev–Trinajstić information content (AvgIpc) is 2.99. The van der Waals surface area contributed by atoms with Crippen molar-refractivity contribution in [3.8, 4) is 0 Å². The highest BCUT2D eigenvalue weighted by Gasteiger charge is 2.36. The van der Waals surface area contributed by atoms with E-state index in [1.807, 2.05) is 0 Å². The summed E-state index contributed by atoms with van der Waals surface area (Å²) >= 11 is 0. The summed E-state index contributed by atoms with van der Waals surface area (Å²) in [6, 6.07) is 0. The predicted octanol–water partition coefficient (Wildman–Crippen LogP) is 2.89. The summed E-state index contributed by atoms with van der Waals surface area (Å²) in [6.07, 6.45) is 9.31. The molecule has 1 N–H and O–H groups in total. The number of aliphatic hydroxyl groups is 1. The molecule has 1 saturated carbocycles.